The fraction of sp³-hybridized carbons (Fsp3) is 0.500. The SMILES string of the molecule is NCCCC(=O)NCC1(c2cccc(F)c2)CC1. The molecule has 0 unspecified atom stereocenters. The van der Waals surface area contributed by atoms with Crippen LogP contribution in [0.4, 0.5) is 4.39 Å². The Morgan fingerprint density at radius 3 is 2.83 bits per heavy atom. The van der Waals surface area contributed by atoms with Gasteiger partial charge in [0.2, 0.25) is 5.91 Å². The summed E-state index contributed by atoms with van der Waals surface area (Å²) in [6, 6.07) is 6.67. The number of nitrogens with two attached hydrogens (primary N) is 1. The Hall–Kier alpha value is -1.42. The normalized spacial score (nSPS) is 16.3. The molecule has 1 aromatic rings. The molecule has 1 aliphatic rings. The van der Waals surface area contributed by atoms with Crippen LogP contribution in [0.15, 0.2) is 24.3 Å². The van der Waals surface area contributed by atoms with Crippen molar-refractivity contribution in [3.05, 3.63) is 35.6 Å². The zero-order valence-corrected chi connectivity index (χ0v) is 10.4. The average Bonchev–Trinajstić information content (AvgIpc) is 3.15. The number of carbonyl (C=O) groups is 1. The third kappa shape index (κ3) is 3.07. The second-order valence-corrected chi connectivity index (χ2v) is 4.96. The fourth-order valence-electron chi connectivity index (χ4n) is 2.16. The van der Waals surface area contributed by atoms with Crippen LogP contribution in [-0.2, 0) is 10.2 Å². The second-order valence-electron chi connectivity index (χ2n) is 4.96. The molecule has 0 atom stereocenters. The second kappa shape index (κ2) is 5.48. The molecule has 3 nitrogen and oxygen atoms in total. The highest BCUT2D eigenvalue weighted by Crippen LogP contribution is 2.47. The highest BCUT2D eigenvalue weighted by molar-refractivity contribution is 5.76. The minimum Gasteiger partial charge on any atom is -0.355 e. The molecule has 0 bridgehead atoms. The van der Waals surface area contributed by atoms with E-state index in [1.165, 1.54) is 6.07 Å². The predicted molar refractivity (Wildman–Crippen MR) is 68.6 cm³/mol. The van der Waals surface area contributed by atoms with Crippen molar-refractivity contribution < 1.29 is 9.18 Å². The maximum absolute atomic E-state index is 13.2. The minimum atomic E-state index is -0.215. The standard InChI is InChI=1S/C14H19FN2O/c15-12-4-1-3-11(9-12)14(6-7-14)10-17-13(18)5-2-8-16/h1,3-4,9H,2,5-8,10,16H2,(H,17,18). The monoisotopic (exact) mass is 250 g/mol. The van der Waals surface area contributed by atoms with Gasteiger partial charge in [0.05, 0.1) is 0 Å². The lowest BCUT2D eigenvalue weighted by Gasteiger charge is -2.16. The lowest BCUT2D eigenvalue weighted by atomic mass is 9.96. The number of rotatable bonds is 6. The zero-order valence-electron chi connectivity index (χ0n) is 10.4. The molecule has 0 saturated heterocycles. The highest BCUT2D eigenvalue weighted by atomic mass is 19.1. The molecule has 3 N–H and O–H groups in total. The Balaban J connectivity index is 1.91. The van der Waals surface area contributed by atoms with Crippen LogP contribution in [0.5, 0.6) is 0 Å². The van der Waals surface area contributed by atoms with Gasteiger partial charge in [-0.25, -0.2) is 4.39 Å². The van der Waals surface area contributed by atoms with Crippen molar-refractivity contribution in [3.8, 4) is 0 Å². The number of halogens is 1. The number of carbonyl (C=O) groups excluding carboxylic acids is 1. The van der Waals surface area contributed by atoms with Crippen LogP contribution in [0.3, 0.4) is 0 Å². The number of nitrogens with one attached hydrogen (secondary N) is 1. The minimum absolute atomic E-state index is 0.0307. The van der Waals surface area contributed by atoms with E-state index in [0.29, 0.717) is 25.9 Å². The molecule has 1 saturated carbocycles. The van der Waals surface area contributed by atoms with Gasteiger partial charge < -0.3 is 11.1 Å². The Labute approximate surface area is 107 Å². The van der Waals surface area contributed by atoms with Gasteiger partial charge in [0.25, 0.3) is 0 Å². The smallest absolute Gasteiger partial charge is 0.220 e. The molecule has 1 fully saturated rings. The van der Waals surface area contributed by atoms with Crippen molar-refractivity contribution in [1.82, 2.24) is 5.32 Å². The maximum Gasteiger partial charge on any atom is 0.220 e. The van der Waals surface area contributed by atoms with E-state index < -0.39 is 0 Å². The van der Waals surface area contributed by atoms with E-state index in [9.17, 15) is 9.18 Å². The summed E-state index contributed by atoms with van der Waals surface area (Å²) in [5, 5.41) is 2.92. The molecule has 0 aliphatic heterocycles. The summed E-state index contributed by atoms with van der Waals surface area (Å²) >= 11 is 0. The third-order valence-corrected chi connectivity index (χ3v) is 3.52. The average molecular weight is 250 g/mol. The van der Waals surface area contributed by atoms with Crippen LogP contribution in [0, 0.1) is 5.82 Å². The topological polar surface area (TPSA) is 55.1 Å². The fourth-order valence-corrected chi connectivity index (χ4v) is 2.16. The van der Waals surface area contributed by atoms with Crippen LogP contribution >= 0.6 is 0 Å². The number of benzene rings is 1. The molecule has 1 aromatic carbocycles. The van der Waals surface area contributed by atoms with Crippen molar-refractivity contribution >= 4 is 5.91 Å². The summed E-state index contributed by atoms with van der Waals surface area (Å²) < 4.78 is 13.2. The van der Waals surface area contributed by atoms with Gasteiger partial charge in [0, 0.05) is 18.4 Å². The maximum atomic E-state index is 13.2. The molecular weight excluding hydrogens is 231 g/mol. The van der Waals surface area contributed by atoms with Gasteiger partial charge in [-0.15, -0.1) is 0 Å². The van der Waals surface area contributed by atoms with Crippen LogP contribution in [0.1, 0.15) is 31.2 Å². The van der Waals surface area contributed by atoms with Crippen molar-refractivity contribution in [1.29, 1.82) is 0 Å². The molecule has 4 heteroatoms. The van der Waals surface area contributed by atoms with Crippen LogP contribution in [0.25, 0.3) is 0 Å². The van der Waals surface area contributed by atoms with E-state index >= 15 is 0 Å². The number of amides is 1. The quantitative estimate of drug-likeness (QED) is 0.807. The lowest BCUT2D eigenvalue weighted by Crippen LogP contribution is -2.32. The van der Waals surface area contributed by atoms with Gasteiger partial charge in [-0.2, -0.15) is 0 Å². The van der Waals surface area contributed by atoms with Gasteiger partial charge >= 0.3 is 0 Å². The Morgan fingerprint density at radius 2 is 2.22 bits per heavy atom. The van der Waals surface area contributed by atoms with Crippen LogP contribution < -0.4 is 11.1 Å². The van der Waals surface area contributed by atoms with Crippen molar-refractivity contribution in [3.63, 3.8) is 0 Å². The first-order valence-electron chi connectivity index (χ1n) is 6.39. The summed E-state index contributed by atoms with van der Waals surface area (Å²) in [5.74, 6) is -0.184. The van der Waals surface area contributed by atoms with Gasteiger partial charge in [-0.1, -0.05) is 12.1 Å². The summed E-state index contributed by atoms with van der Waals surface area (Å²) in [4.78, 5) is 11.5. The summed E-state index contributed by atoms with van der Waals surface area (Å²) in [6.07, 6.45) is 3.19. The van der Waals surface area contributed by atoms with Crippen molar-refractivity contribution in [2.75, 3.05) is 13.1 Å². The molecule has 1 aliphatic carbocycles. The van der Waals surface area contributed by atoms with Crippen LogP contribution in [0.2, 0.25) is 0 Å². The lowest BCUT2D eigenvalue weighted by molar-refractivity contribution is -0.121. The van der Waals surface area contributed by atoms with Gasteiger partial charge in [0.15, 0.2) is 0 Å². The third-order valence-electron chi connectivity index (χ3n) is 3.52. The van der Waals surface area contributed by atoms with Gasteiger partial charge in [-0.3, -0.25) is 4.79 Å². The van der Waals surface area contributed by atoms with Gasteiger partial charge in [0.1, 0.15) is 5.82 Å². The van der Waals surface area contributed by atoms with E-state index in [1.54, 1.807) is 12.1 Å². The van der Waals surface area contributed by atoms with E-state index in [4.69, 9.17) is 5.73 Å². The number of hydrogen-bond donors (Lipinski definition) is 2. The van der Waals surface area contributed by atoms with Crippen molar-refractivity contribution in [2.45, 2.75) is 31.1 Å². The zero-order chi connectivity index (χ0) is 13.0. The first kappa shape index (κ1) is 13.0. The van der Waals surface area contributed by atoms with E-state index in [0.717, 1.165) is 18.4 Å². The molecule has 0 spiro atoms. The summed E-state index contributed by atoms with van der Waals surface area (Å²) in [5.41, 5.74) is 6.30. The number of hydrogen-bond acceptors (Lipinski definition) is 2. The first-order valence-corrected chi connectivity index (χ1v) is 6.39. The van der Waals surface area contributed by atoms with Gasteiger partial charge in [-0.05, 0) is 43.5 Å². The van der Waals surface area contributed by atoms with E-state index in [2.05, 4.69) is 5.32 Å². The first-order chi connectivity index (χ1) is 8.66. The molecule has 0 aromatic heterocycles. The molecular formula is C14H19FN2O. The molecule has 18 heavy (non-hydrogen) atoms. The highest BCUT2D eigenvalue weighted by Gasteiger charge is 2.44. The Kier molecular flexibility index (Phi) is 3.97. The predicted octanol–water partition coefficient (Wildman–Crippen LogP) is 1.71. The molecule has 1 amide bonds. The summed E-state index contributed by atoms with van der Waals surface area (Å²) in [6.45, 7) is 1.13. The molecule has 0 heterocycles. The summed E-state index contributed by atoms with van der Waals surface area (Å²) in [7, 11) is 0. The largest absolute Gasteiger partial charge is 0.355 e. The molecule has 2 rings (SSSR count). The molecule has 98 valence electrons. The Morgan fingerprint density at radius 1 is 1.44 bits per heavy atom. The van der Waals surface area contributed by atoms with E-state index in [-0.39, 0.29) is 17.1 Å². The van der Waals surface area contributed by atoms with E-state index in [1.807, 2.05) is 6.07 Å². The van der Waals surface area contributed by atoms with Crippen LogP contribution in [-0.4, -0.2) is 19.0 Å². The molecule has 0 radical (unpaired) electrons. The van der Waals surface area contributed by atoms with Crippen molar-refractivity contribution in [2.24, 2.45) is 5.73 Å². The Bertz CT molecular complexity index is 430.